The molecule has 1 aliphatic carbocycles. The van der Waals surface area contributed by atoms with Crippen molar-refractivity contribution in [1.29, 1.82) is 0 Å². The molecule has 1 saturated carbocycles. The molecular formula is C37H39N5O5. The number of H-pyrrole nitrogens is 1. The summed E-state index contributed by atoms with van der Waals surface area (Å²) in [5.41, 5.74) is 5.06. The van der Waals surface area contributed by atoms with Crippen molar-refractivity contribution in [1.82, 2.24) is 14.8 Å². The van der Waals surface area contributed by atoms with Crippen LogP contribution in [-0.4, -0.2) is 72.8 Å². The first-order valence-corrected chi connectivity index (χ1v) is 16.3. The number of aromatic nitrogens is 1. The van der Waals surface area contributed by atoms with Gasteiger partial charge in [0.25, 0.3) is 5.91 Å². The number of carbonyl (C=O) groups excluding carboxylic acids is 3. The van der Waals surface area contributed by atoms with Gasteiger partial charge in [0.05, 0.1) is 12.7 Å². The van der Waals surface area contributed by atoms with Gasteiger partial charge in [0, 0.05) is 65.3 Å². The Bertz CT molecular complexity index is 1860. The van der Waals surface area contributed by atoms with Gasteiger partial charge in [-0.15, -0.1) is 0 Å². The fourth-order valence-electron chi connectivity index (χ4n) is 6.79. The number of aromatic amines is 1. The van der Waals surface area contributed by atoms with Gasteiger partial charge in [0.1, 0.15) is 11.5 Å². The number of carbonyl (C=O) groups is 3. The first-order chi connectivity index (χ1) is 22.9. The predicted octanol–water partition coefficient (Wildman–Crippen LogP) is 6.87. The monoisotopic (exact) mass is 633 g/mol. The van der Waals surface area contributed by atoms with Gasteiger partial charge in [-0.2, -0.15) is 0 Å². The highest BCUT2D eigenvalue weighted by molar-refractivity contribution is 6.16. The zero-order valence-electron chi connectivity index (χ0n) is 26.7. The van der Waals surface area contributed by atoms with Gasteiger partial charge in [-0.1, -0.05) is 19.3 Å². The second-order valence-electron chi connectivity index (χ2n) is 12.6. The average Bonchev–Trinajstić information content (AvgIpc) is 3.61. The maximum Gasteiger partial charge on any atom is 0.323 e. The highest BCUT2D eigenvalue weighted by Gasteiger charge is 2.30. The Hall–Kier alpha value is -5.09. The van der Waals surface area contributed by atoms with Crippen LogP contribution in [0.2, 0.25) is 0 Å². The molecule has 242 valence electrons. The average molecular weight is 634 g/mol. The molecule has 4 aromatic rings. The van der Waals surface area contributed by atoms with E-state index in [-0.39, 0.29) is 17.4 Å². The van der Waals surface area contributed by atoms with Crippen LogP contribution < -0.4 is 20.1 Å². The van der Waals surface area contributed by atoms with E-state index in [1.54, 1.807) is 49.6 Å². The number of methoxy groups -OCH3 is 1. The lowest BCUT2D eigenvalue weighted by Crippen LogP contribution is -2.47. The number of amides is 3. The lowest BCUT2D eigenvalue weighted by Gasteiger charge is -2.32. The summed E-state index contributed by atoms with van der Waals surface area (Å²) in [6.07, 6.45) is 7.67. The second kappa shape index (κ2) is 13.0. The van der Waals surface area contributed by atoms with Crippen molar-refractivity contribution in [3.8, 4) is 11.5 Å². The van der Waals surface area contributed by atoms with Crippen LogP contribution in [0, 0.1) is 0 Å². The molecule has 1 aromatic heterocycles. The van der Waals surface area contributed by atoms with Crippen LogP contribution >= 0.6 is 0 Å². The van der Waals surface area contributed by atoms with Crippen LogP contribution in [0.4, 0.5) is 16.2 Å². The van der Waals surface area contributed by atoms with Gasteiger partial charge in [-0.05, 0) is 92.5 Å². The third-order valence-corrected chi connectivity index (χ3v) is 9.47. The summed E-state index contributed by atoms with van der Waals surface area (Å²) < 4.78 is 11.6. The van der Waals surface area contributed by atoms with Crippen LogP contribution in [0.3, 0.4) is 0 Å². The number of ether oxygens (including phenoxy) is 2. The van der Waals surface area contributed by atoms with Gasteiger partial charge in [0.2, 0.25) is 5.78 Å². The minimum Gasteiger partial charge on any atom is -0.497 e. The van der Waals surface area contributed by atoms with Gasteiger partial charge in [-0.3, -0.25) is 9.59 Å². The molecule has 3 aliphatic rings. The number of allylic oxidation sites excluding steroid dienone is 1. The van der Waals surface area contributed by atoms with Crippen molar-refractivity contribution in [2.75, 3.05) is 51.0 Å². The normalized spacial score (nSPS) is 17.9. The van der Waals surface area contributed by atoms with E-state index in [1.165, 1.54) is 19.3 Å². The van der Waals surface area contributed by atoms with Crippen LogP contribution in [-0.2, 0) is 0 Å². The minimum absolute atomic E-state index is 0.0119. The van der Waals surface area contributed by atoms with E-state index in [2.05, 4.69) is 20.5 Å². The Morgan fingerprint density at radius 1 is 0.915 bits per heavy atom. The lowest BCUT2D eigenvalue weighted by molar-refractivity contribution is 0.0664. The summed E-state index contributed by atoms with van der Waals surface area (Å²) in [6, 6.07) is 17.4. The fourth-order valence-corrected chi connectivity index (χ4v) is 6.79. The molecule has 3 heterocycles. The number of hydrogen-bond donors (Lipinski definition) is 3. The van der Waals surface area contributed by atoms with Gasteiger partial charge < -0.3 is 34.9 Å². The molecule has 10 heteroatoms. The maximum atomic E-state index is 13.6. The zero-order chi connectivity index (χ0) is 32.5. The number of nitrogens with one attached hydrogen (secondary N) is 3. The van der Waals surface area contributed by atoms with Gasteiger partial charge in [-0.25, -0.2) is 4.79 Å². The van der Waals surface area contributed by atoms with Crippen LogP contribution in [0.1, 0.15) is 70.0 Å². The van der Waals surface area contributed by atoms with E-state index in [0.29, 0.717) is 47.3 Å². The number of likely N-dealkylation sites (N-methyl/N-ethyl adjacent to an activating group) is 1. The summed E-state index contributed by atoms with van der Waals surface area (Å²) >= 11 is 0. The molecule has 0 atom stereocenters. The topological polar surface area (TPSA) is 116 Å². The molecule has 47 heavy (non-hydrogen) atoms. The number of benzene rings is 3. The predicted molar refractivity (Wildman–Crippen MR) is 183 cm³/mol. The zero-order valence-corrected chi connectivity index (χ0v) is 26.7. The van der Waals surface area contributed by atoms with E-state index in [0.717, 1.165) is 53.8 Å². The van der Waals surface area contributed by atoms with Gasteiger partial charge >= 0.3 is 6.03 Å². The number of fused-ring (bicyclic) bond motifs is 2. The smallest absolute Gasteiger partial charge is 0.323 e. The standard InChI is InChI=1S/C37H39N5O5/c1-41-16-18-42(19-17-41)36(44)24-8-10-25(11-9-24)38-37(45)39-26-12-15-32-30(20-26)35(43)33(47-32)22-29-28-21-27(46-2)13-14-31(28)40-34(29)23-6-4-3-5-7-23/h8-15,20-23,40H,3-7,16-19H2,1-2H3,(H2,38,39,45)/b33-22-. The SMILES string of the molecule is COc1ccc2[nH]c(C3CCCCC3)c(/C=C3\Oc4ccc(NC(=O)Nc5ccc(C(=O)N6CCN(C)CC6)cc5)cc4C3=O)c2c1. The maximum absolute atomic E-state index is 13.6. The molecule has 0 radical (unpaired) electrons. The van der Waals surface area contributed by atoms with Crippen LogP contribution in [0.25, 0.3) is 17.0 Å². The third-order valence-electron chi connectivity index (χ3n) is 9.47. The molecular weight excluding hydrogens is 594 g/mol. The molecule has 3 N–H and O–H groups in total. The highest BCUT2D eigenvalue weighted by atomic mass is 16.5. The Morgan fingerprint density at radius 2 is 1.64 bits per heavy atom. The Labute approximate surface area is 273 Å². The molecule has 0 spiro atoms. The number of urea groups is 1. The molecule has 2 fully saturated rings. The van der Waals surface area contributed by atoms with Crippen molar-refractivity contribution in [2.45, 2.75) is 38.0 Å². The summed E-state index contributed by atoms with van der Waals surface area (Å²) in [5, 5.41) is 6.59. The summed E-state index contributed by atoms with van der Waals surface area (Å²) in [4.78, 5) is 47.0. The summed E-state index contributed by atoms with van der Waals surface area (Å²) in [6.45, 7) is 3.10. The molecule has 0 unspecified atom stereocenters. The Balaban J connectivity index is 1.05. The third kappa shape index (κ3) is 6.33. The molecule has 2 aliphatic heterocycles. The first kappa shape index (κ1) is 30.6. The van der Waals surface area contributed by atoms with Gasteiger partial charge in [0.15, 0.2) is 5.76 Å². The van der Waals surface area contributed by atoms with E-state index in [4.69, 9.17) is 9.47 Å². The molecule has 3 amide bonds. The molecule has 7 rings (SSSR count). The van der Waals surface area contributed by atoms with E-state index < -0.39 is 6.03 Å². The molecule has 3 aromatic carbocycles. The fraction of sp³-hybridized carbons (Fsp3) is 0.324. The summed E-state index contributed by atoms with van der Waals surface area (Å²) in [7, 11) is 3.70. The Morgan fingerprint density at radius 3 is 2.38 bits per heavy atom. The molecule has 10 nitrogen and oxygen atoms in total. The van der Waals surface area contributed by atoms with Crippen LogP contribution in [0.15, 0.2) is 66.4 Å². The number of ketones is 1. The molecule has 1 saturated heterocycles. The second-order valence-corrected chi connectivity index (χ2v) is 12.6. The van der Waals surface area contributed by atoms with Crippen molar-refractivity contribution in [3.05, 3.63) is 88.8 Å². The van der Waals surface area contributed by atoms with Crippen LogP contribution in [0.5, 0.6) is 11.5 Å². The Kier molecular flexibility index (Phi) is 8.43. The van der Waals surface area contributed by atoms with Crippen molar-refractivity contribution >= 4 is 46.1 Å². The van der Waals surface area contributed by atoms with Crippen molar-refractivity contribution < 1.29 is 23.9 Å². The first-order valence-electron chi connectivity index (χ1n) is 16.3. The van der Waals surface area contributed by atoms with Crippen molar-refractivity contribution in [3.63, 3.8) is 0 Å². The number of hydrogen-bond acceptors (Lipinski definition) is 6. The molecule has 0 bridgehead atoms. The quantitative estimate of drug-likeness (QED) is 0.200. The number of rotatable bonds is 6. The number of piperazine rings is 1. The number of Topliss-reactive ketones (excluding diaryl/α,β-unsaturated/α-hetero) is 1. The number of anilines is 2. The van der Waals surface area contributed by atoms with E-state index in [9.17, 15) is 14.4 Å². The van der Waals surface area contributed by atoms with Crippen molar-refractivity contribution in [2.24, 2.45) is 0 Å². The summed E-state index contributed by atoms with van der Waals surface area (Å²) in [5.74, 6) is 1.57. The van der Waals surface area contributed by atoms with E-state index in [1.807, 2.05) is 36.2 Å². The minimum atomic E-state index is -0.463. The number of nitrogens with zero attached hydrogens (tertiary/aromatic N) is 2. The largest absolute Gasteiger partial charge is 0.497 e. The highest BCUT2D eigenvalue weighted by Crippen LogP contribution is 2.40. The lowest BCUT2D eigenvalue weighted by atomic mass is 9.85. The van der Waals surface area contributed by atoms with E-state index >= 15 is 0 Å².